The largest absolute Gasteiger partial charge is 0.392 e. The predicted molar refractivity (Wildman–Crippen MR) is 70.0 cm³/mol. The quantitative estimate of drug-likeness (QED) is 0.792. The second-order valence-electron chi connectivity index (χ2n) is 7.02. The average Bonchev–Trinajstić information content (AvgIpc) is 2.49. The highest BCUT2D eigenvalue weighted by atomic mass is 16.3. The molecule has 2 N–H and O–H groups in total. The summed E-state index contributed by atoms with van der Waals surface area (Å²) in [6.07, 6.45) is 1.65. The number of hydrogen-bond donors (Lipinski definition) is 2. The number of carbonyl (C=O) groups excluding carboxylic acids is 1. The fourth-order valence-corrected chi connectivity index (χ4v) is 4.49. The number of hydrogen-bond acceptors (Lipinski definition) is 3. The van der Waals surface area contributed by atoms with Crippen LogP contribution in [0.15, 0.2) is 0 Å². The molecule has 0 saturated heterocycles. The summed E-state index contributed by atoms with van der Waals surface area (Å²) in [4.78, 5) is 11.8. The molecule has 6 unspecified atom stereocenters. The molecule has 3 heteroatoms. The second kappa shape index (κ2) is 4.61. The molecule has 0 radical (unpaired) electrons. The van der Waals surface area contributed by atoms with Crippen LogP contribution in [0, 0.1) is 29.1 Å². The van der Waals surface area contributed by atoms with E-state index in [1.807, 2.05) is 0 Å². The summed E-state index contributed by atoms with van der Waals surface area (Å²) in [6, 6.07) is 0. The SMILES string of the molecule is CC(=O)C1C(O)CC2(C)CCC(C(C)C)C(O)C12. The van der Waals surface area contributed by atoms with Crippen molar-refractivity contribution in [1.82, 2.24) is 0 Å². The first-order valence-electron chi connectivity index (χ1n) is 7.14. The summed E-state index contributed by atoms with van der Waals surface area (Å²) in [7, 11) is 0. The minimum atomic E-state index is -0.571. The third kappa shape index (κ3) is 2.01. The van der Waals surface area contributed by atoms with Crippen LogP contribution in [0.1, 0.15) is 47.0 Å². The molecule has 2 aliphatic carbocycles. The lowest BCUT2D eigenvalue weighted by molar-refractivity contribution is -0.132. The van der Waals surface area contributed by atoms with E-state index in [2.05, 4.69) is 20.8 Å². The van der Waals surface area contributed by atoms with Gasteiger partial charge in [-0.2, -0.15) is 0 Å². The Balaban J connectivity index is 2.32. The van der Waals surface area contributed by atoms with Crippen LogP contribution < -0.4 is 0 Å². The maximum atomic E-state index is 11.8. The van der Waals surface area contributed by atoms with Crippen LogP contribution in [0.4, 0.5) is 0 Å². The zero-order chi connectivity index (χ0) is 13.7. The van der Waals surface area contributed by atoms with Gasteiger partial charge >= 0.3 is 0 Å². The molecule has 0 aromatic carbocycles. The highest BCUT2D eigenvalue weighted by Crippen LogP contribution is 2.57. The minimum Gasteiger partial charge on any atom is -0.392 e. The Morgan fingerprint density at radius 2 is 1.94 bits per heavy atom. The summed E-state index contributed by atoms with van der Waals surface area (Å²) in [5.41, 5.74) is -0.0689. The number of carbonyl (C=O) groups is 1. The van der Waals surface area contributed by atoms with Crippen molar-refractivity contribution in [2.75, 3.05) is 0 Å². The Morgan fingerprint density at radius 1 is 1.33 bits per heavy atom. The third-order valence-electron chi connectivity index (χ3n) is 5.46. The molecule has 0 aromatic rings. The molecule has 0 bridgehead atoms. The predicted octanol–water partition coefficient (Wildman–Crippen LogP) is 2.01. The second-order valence-corrected chi connectivity index (χ2v) is 7.02. The van der Waals surface area contributed by atoms with Crippen molar-refractivity contribution in [2.24, 2.45) is 29.1 Å². The van der Waals surface area contributed by atoms with Gasteiger partial charge in [0.2, 0.25) is 0 Å². The molecule has 3 nitrogen and oxygen atoms in total. The van der Waals surface area contributed by atoms with Gasteiger partial charge in [-0.15, -0.1) is 0 Å². The van der Waals surface area contributed by atoms with Gasteiger partial charge in [-0.25, -0.2) is 0 Å². The van der Waals surface area contributed by atoms with E-state index >= 15 is 0 Å². The van der Waals surface area contributed by atoms with Gasteiger partial charge in [0.05, 0.1) is 12.2 Å². The normalized spacial score (nSPS) is 48.3. The topological polar surface area (TPSA) is 57.5 Å². The maximum absolute atomic E-state index is 11.8. The van der Waals surface area contributed by atoms with Crippen LogP contribution in [0.3, 0.4) is 0 Å². The van der Waals surface area contributed by atoms with Crippen molar-refractivity contribution >= 4 is 5.78 Å². The van der Waals surface area contributed by atoms with Crippen LogP contribution >= 0.6 is 0 Å². The van der Waals surface area contributed by atoms with Crippen molar-refractivity contribution < 1.29 is 15.0 Å². The molecule has 2 saturated carbocycles. The average molecular weight is 254 g/mol. The monoisotopic (exact) mass is 254 g/mol. The van der Waals surface area contributed by atoms with E-state index in [1.54, 1.807) is 6.92 Å². The van der Waals surface area contributed by atoms with E-state index in [0.29, 0.717) is 12.3 Å². The number of rotatable bonds is 2. The van der Waals surface area contributed by atoms with Gasteiger partial charge in [-0.3, -0.25) is 4.79 Å². The Labute approximate surface area is 110 Å². The molecule has 0 aromatic heterocycles. The summed E-state index contributed by atoms with van der Waals surface area (Å²) in [5.74, 6) is 0.280. The van der Waals surface area contributed by atoms with Gasteiger partial charge in [0.15, 0.2) is 0 Å². The molecule has 2 aliphatic rings. The number of ketones is 1. The lowest BCUT2D eigenvalue weighted by Crippen LogP contribution is -2.47. The molecular formula is C15H26O3. The van der Waals surface area contributed by atoms with E-state index in [4.69, 9.17) is 0 Å². The fourth-order valence-electron chi connectivity index (χ4n) is 4.49. The van der Waals surface area contributed by atoms with Gasteiger partial charge in [0.25, 0.3) is 0 Å². The molecule has 2 rings (SSSR count). The van der Waals surface area contributed by atoms with Crippen molar-refractivity contribution in [1.29, 1.82) is 0 Å². The lowest BCUT2D eigenvalue weighted by Gasteiger charge is -2.46. The Hall–Kier alpha value is -0.410. The Morgan fingerprint density at radius 3 is 2.44 bits per heavy atom. The first-order chi connectivity index (χ1) is 8.28. The van der Waals surface area contributed by atoms with Crippen molar-refractivity contribution in [2.45, 2.75) is 59.2 Å². The zero-order valence-electron chi connectivity index (χ0n) is 11.9. The molecule has 0 heterocycles. The molecule has 18 heavy (non-hydrogen) atoms. The molecular weight excluding hydrogens is 228 g/mol. The molecule has 0 spiro atoms. The summed E-state index contributed by atoms with van der Waals surface area (Å²) >= 11 is 0. The zero-order valence-corrected chi connectivity index (χ0v) is 11.9. The van der Waals surface area contributed by atoms with Gasteiger partial charge in [-0.05, 0) is 43.4 Å². The van der Waals surface area contributed by atoms with Crippen LogP contribution in [-0.2, 0) is 4.79 Å². The van der Waals surface area contributed by atoms with Crippen LogP contribution in [0.5, 0.6) is 0 Å². The Bertz CT molecular complexity index is 339. The number of aliphatic hydroxyl groups is 2. The first kappa shape index (κ1) is 14.0. The van der Waals surface area contributed by atoms with E-state index in [9.17, 15) is 15.0 Å². The molecule has 2 fully saturated rings. The van der Waals surface area contributed by atoms with Gasteiger partial charge < -0.3 is 10.2 Å². The van der Waals surface area contributed by atoms with Crippen LogP contribution in [-0.4, -0.2) is 28.2 Å². The molecule has 0 aliphatic heterocycles. The molecule has 104 valence electrons. The maximum Gasteiger partial charge on any atom is 0.135 e. The number of fused-ring (bicyclic) bond motifs is 1. The summed E-state index contributed by atoms with van der Waals surface area (Å²) in [6.45, 7) is 7.93. The van der Waals surface area contributed by atoms with E-state index < -0.39 is 12.2 Å². The fraction of sp³-hybridized carbons (Fsp3) is 0.933. The highest BCUT2D eigenvalue weighted by molar-refractivity contribution is 5.80. The van der Waals surface area contributed by atoms with E-state index in [0.717, 1.165) is 12.8 Å². The van der Waals surface area contributed by atoms with Gasteiger partial charge in [-0.1, -0.05) is 20.8 Å². The highest BCUT2D eigenvalue weighted by Gasteiger charge is 2.58. The lowest BCUT2D eigenvalue weighted by atomic mass is 9.60. The summed E-state index contributed by atoms with van der Waals surface area (Å²) in [5, 5.41) is 20.8. The van der Waals surface area contributed by atoms with Crippen LogP contribution in [0.25, 0.3) is 0 Å². The van der Waals surface area contributed by atoms with Crippen molar-refractivity contribution in [3.63, 3.8) is 0 Å². The van der Waals surface area contributed by atoms with E-state index in [1.165, 1.54) is 0 Å². The number of Topliss-reactive ketones (excluding diaryl/α,β-unsaturated/α-hetero) is 1. The third-order valence-corrected chi connectivity index (χ3v) is 5.46. The van der Waals surface area contributed by atoms with Crippen molar-refractivity contribution in [3.8, 4) is 0 Å². The standard InChI is InChI=1S/C15H26O3/c1-8(2)10-5-6-15(4)7-11(17)12(9(3)16)13(15)14(10)18/h8,10-14,17-18H,5-7H2,1-4H3. The number of aliphatic hydroxyl groups excluding tert-OH is 2. The van der Waals surface area contributed by atoms with Crippen molar-refractivity contribution in [3.05, 3.63) is 0 Å². The van der Waals surface area contributed by atoms with Gasteiger partial charge in [0, 0.05) is 11.8 Å². The Kier molecular flexibility index (Phi) is 3.58. The van der Waals surface area contributed by atoms with Gasteiger partial charge in [0.1, 0.15) is 5.78 Å². The first-order valence-corrected chi connectivity index (χ1v) is 7.14. The smallest absolute Gasteiger partial charge is 0.135 e. The van der Waals surface area contributed by atoms with Crippen LogP contribution in [0.2, 0.25) is 0 Å². The summed E-state index contributed by atoms with van der Waals surface area (Å²) < 4.78 is 0. The molecule has 6 atom stereocenters. The van der Waals surface area contributed by atoms with E-state index in [-0.39, 0.29) is 29.0 Å². The minimum absolute atomic E-state index is 0.0275. The molecule has 0 amide bonds.